The molecule has 31 heavy (non-hydrogen) atoms. The highest BCUT2D eigenvalue weighted by molar-refractivity contribution is 7.89. The van der Waals surface area contributed by atoms with Gasteiger partial charge in [0.2, 0.25) is 15.9 Å². The molecule has 0 spiro atoms. The summed E-state index contributed by atoms with van der Waals surface area (Å²) in [5.74, 6) is -0.929. The zero-order valence-electron chi connectivity index (χ0n) is 16.4. The fourth-order valence-corrected chi connectivity index (χ4v) is 5.09. The Balaban J connectivity index is 1.69. The fourth-order valence-electron chi connectivity index (χ4n) is 3.37. The summed E-state index contributed by atoms with van der Waals surface area (Å²) in [6.45, 7) is 1.74. The Kier molecular flexibility index (Phi) is 6.54. The molecule has 1 aliphatic heterocycles. The van der Waals surface area contributed by atoms with E-state index in [4.69, 9.17) is 11.6 Å². The molecule has 0 atom stereocenters. The number of anilines is 1. The molecule has 1 fully saturated rings. The van der Waals surface area contributed by atoms with Crippen LogP contribution in [0.2, 0.25) is 5.02 Å². The molecule has 2 aromatic carbocycles. The van der Waals surface area contributed by atoms with Crippen LogP contribution in [-0.2, 0) is 21.0 Å². The first-order valence-corrected chi connectivity index (χ1v) is 11.2. The van der Waals surface area contributed by atoms with Crippen LogP contribution in [0.4, 0.5) is 18.9 Å². The first-order chi connectivity index (χ1) is 14.4. The van der Waals surface area contributed by atoms with Crippen LogP contribution in [0.3, 0.4) is 0 Å². The Labute approximate surface area is 182 Å². The molecule has 0 aromatic heterocycles. The van der Waals surface area contributed by atoms with E-state index in [1.807, 2.05) is 0 Å². The number of alkyl halides is 3. The number of hydrogen-bond acceptors (Lipinski definition) is 4. The minimum Gasteiger partial charge on any atom is -0.506 e. The van der Waals surface area contributed by atoms with E-state index in [1.165, 1.54) is 6.07 Å². The summed E-state index contributed by atoms with van der Waals surface area (Å²) in [5, 5.41) is 12.0. The van der Waals surface area contributed by atoms with Gasteiger partial charge in [-0.05, 0) is 55.7 Å². The predicted octanol–water partition coefficient (Wildman–Crippen LogP) is 4.41. The predicted molar refractivity (Wildman–Crippen MR) is 109 cm³/mol. The van der Waals surface area contributed by atoms with Gasteiger partial charge in [0.05, 0.1) is 21.2 Å². The van der Waals surface area contributed by atoms with Crippen LogP contribution in [0, 0.1) is 12.8 Å². The van der Waals surface area contributed by atoms with Gasteiger partial charge in [-0.3, -0.25) is 4.79 Å². The molecule has 0 bridgehead atoms. The van der Waals surface area contributed by atoms with Crippen LogP contribution in [-0.4, -0.2) is 36.8 Å². The summed E-state index contributed by atoms with van der Waals surface area (Å²) in [5.41, 5.74) is -0.140. The van der Waals surface area contributed by atoms with Crippen molar-refractivity contribution >= 4 is 33.2 Å². The second kappa shape index (κ2) is 8.68. The Morgan fingerprint density at radius 2 is 1.81 bits per heavy atom. The molecule has 0 saturated carbocycles. The van der Waals surface area contributed by atoms with E-state index in [2.05, 4.69) is 5.32 Å². The normalized spacial score (nSPS) is 16.3. The van der Waals surface area contributed by atoms with Gasteiger partial charge in [-0.2, -0.15) is 17.5 Å². The summed E-state index contributed by atoms with van der Waals surface area (Å²) in [6, 6.07) is 7.27. The maximum absolute atomic E-state index is 13.1. The Morgan fingerprint density at radius 1 is 1.16 bits per heavy atom. The Hall–Kier alpha value is -2.30. The molecule has 168 valence electrons. The summed E-state index contributed by atoms with van der Waals surface area (Å²) in [6.07, 6.45) is -4.40. The minimum absolute atomic E-state index is 0.0235. The molecule has 6 nitrogen and oxygen atoms in total. The molecule has 0 radical (unpaired) electrons. The molecular formula is C20H20ClF3N2O4S. The van der Waals surface area contributed by atoms with Crippen LogP contribution in [0.5, 0.6) is 5.75 Å². The van der Waals surface area contributed by atoms with Crippen molar-refractivity contribution in [3.05, 3.63) is 52.5 Å². The molecule has 1 saturated heterocycles. The smallest absolute Gasteiger partial charge is 0.417 e. The standard InChI is InChI=1S/C20H20ClF3N2O4S/c1-12-2-5-17(18(27)10-12)25-19(28)13-6-8-26(9-7-13)31(29,30)14-3-4-16(21)15(11-14)20(22,23)24/h2-5,10-11,13,27H,6-9H2,1H3,(H,25,28). The van der Waals surface area contributed by atoms with Crippen molar-refractivity contribution in [2.45, 2.75) is 30.8 Å². The Morgan fingerprint density at radius 3 is 2.39 bits per heavy atom. The zero-order valence-corrected chi connectivity index (χ0v) is 18.0. The lowest BCUT2D eigenvalue weighted by atomic mass is 9.97. The molecule has 3 rings (SSSR count). The number of amides is 1. The average molecular weight is 477 g/mol. The van der Waals surface area contributed by atoms with Crippen LogP contribution in [0.25, 0.3) is 0 Å². The number of aromatic hydroxyl groups is 1. The van der Waals surface area contributed by atoms with E-state index in [0.29, 0.717) is 6.07 Å². The number of nitrogens with zero attached hydrogens (tertiary/aromatic N) is 1. The van der Waals surface area contributed by atoms with Crippen molar-refractivity contribution in [1.29, 1.82) is 0 Å². The monoisotopic (exact) mass is 476 g/mol. The summed E-state index contributed by atoms with van der Waals surface area (Å²) < 4.78 is 65.9. The van der Waals surface area contributed by atoms with Gasteiger partial charge in [-0.1, -0.05) is 17.7 Å². The van der Waals surface area contributed by atoms with Gasteiger partial charge >= 0.3 is 6.18 Å². The number of halogens is 4. The summed E-state index contributed by atoms with van der Waals surface area (Å²) in [7, 11) is -4.18. The SMILES string of the molecule is Cc1ccc(NC(=O)C2CCN(S(=O)(=O)c3ccc(Cl)c(C(F)(F)F)c3)CC2)c(O)c1. The van der Waals surface area contributed by atoms with Crippen LogP contribution < -0.4 is 5.32 Å². The van der Waals surface area contributed by atoms with Crippen molar-refractivity contribution in [3.63, 3.8) is 0 Å². The molecule has 2 N–H and O–H groups in total. The Bertz CT molecular complexity index is 1100. The summed E-state index contributed by atoms with van der Waals surface area (Å²) in [4.78, 5) is 12.0. The average Bonchev–Trinajstić information content (AvgIpc) is 2.69. The van der Waals surface area contributed by atoms with Crippen molar-refractivity contribution in [3.8, 4) is 5.75 Å². The number of carbonyl (C=O) groups is 1. The number of phenolic OH excluding ortho intramolecular Hbond substituents is 1. The lowest BCUT2D eigenvalue weighted by Crippen LogP contribution is -2.41. The lowest BCUT2D eigenvalue weighted by Gasteiger charge is -2.30. The van der Waals surface area contributed by atoms with Gasteiger partial charge in [0, 0.05) is 19.0 Å². The highest BCUT2D eigenvalue weighted by atomic mass is 35.5. The second-order valence-electron chi connectivity index (χ2n) is 7.33. The van der Waals surface area contributed by atoms with Crippen LogP contribution >= 0.6 is 11.6 Å². The number of benzene rings is 2. The quantitative estimate of drug-likeness (QED) is 0.640. The van der Waals surface area contributed by atoms with Gasteiger partial charge in [0.1, 0.15) is 5.75 Å². The minimum atomic E-state index is -4.78. The molecule has 1 heterocycles. The molecule has 2 aromatic rings. The number of sulfonamides is 1. The number of piperidine rings is 1. The van der Waals surface area contributed by atoms with E-state index < -0.39 is 37.6 Å². The second-order valence-corrected chi connectivity index (χ2v) is 9.67. The van der Waals surface area contributed by atoms with Crippen LogP contribution in [0.1, 0.15) is 24.0 Å². The van der Waals surface area contributed by atoms with Crippen molar-refractivity contribution in [2.24, 2.45) is 5.92 Å². The van der Waals surface area contributed by atoms with E-state index in [1.54, 1.807) is 19.1 Å². The van der Waals surface area contributed by atoms with Gasteiger partial charge in [-0.25, -0.2) is 8.42 Å². The van der Waals surface area contributed by atoms with E-state index in [9.17, 15) is 31.5 Å². The molecule has 0 aliphatic carbocycles. The van der Waals surface area contributed by atoms with Crippen molar-refractivity contribution in [2.75, 3.05) is 18.4 Å². The highest BCUT2D eigenvalue weighted by Crippen LogP contribution is 2.37. The number of carbonyl (C=O) groups excluding carboxylic acids is 1. The third kappa shape index (κ3) is 5.13. The van der Waals surface area contributed by atoms with Gasteiger partial charge < -0.3 is 10.4 Å². The van der Waals surface area contributed by atoms with Crippen molar-refractivity contribution in [1.82, 2.24) is 4.31 Å². The maximum atomic E-state index is 13.1. The number of nitrogens with one attached hydrogen (secondary N) is 1. The lowest BCUT2D eigenvalue weighted by molar-refractivity contribution is -0.137. The molecule has 0 unspecified atom stereocenters. The van der Waals surface area contributed by atoms with E-state index in [-0.39, 0.29) is 43.3 Å². The van der Waals surface area contributed by atoms with Gasteiger partial charge in [0.25, 0.3) is 0 Å². The number of phenols is 1. The third-order valence-corrected chi connectivity index (χ3v) is 7.34. The highest BCUT2D eigenvalue weighted by Gasteiger charge is 2.37. The van der Waals surface area contributed by atoms with E-state index in [0.717, 1.165) is 22.0 Å². The van der Waals surface area contributed by atoms with Gasteiger partial charge in [0.15, 0.2) is 0 Å². The molecule has 1 aliphatic rings. The van der Waals surface area contributed by atoms with Crippen molar-refractivity contribution < 1.29 is 31.5 Å². The first-order valence-electron chi connectivity index (χ1n) is 9.37. The maximum Gasteiger partial charge on any atom is 0.417 e. The molecular weight excluding hydrogens is 457 g/mol. The van der Waals surface area contributed by atoms with Crippen LogP contribution in [0.15, 0.2) is 41.3 Å². The third-order valence-electron chi connectivity index (χ3n) is 5.12. The topological polar surface area (TPSA) is 86.7 Å². The molecule has 1 amide bonds. The van der Waals surface area contributed by atoms with Gasteiger partial charge in [-0.15, -0.1) is 0 Å². The largest absolute Gasteiger partial charge is 0.506 e. The number of rotatable bonds is 4. The first kappa shape index (κ1) is 23.4. The van der Waals surface area contributed by atoms with E-state index >= 15 is 0 Å². The zero-order chi connectivity index (χ0) is 23.0. The fraction of sp³-hybridized carbons (Fsp3) is 0.350. The summed E-state index contributed by atoms with van der Waals surface area (Å²) >= 11 is 5.57. The number of hydrogen-bond donors (Lipinski definition) is 2. The number of aryl methyl sites for hydroxylation is 1. The molecule has 11 heteroatoms.